The number of aryl methyl sites for hydroxylation is 1. The molecule has 0 spiro atoms. The van der Waals surface area contributed by atoms with Crippen LogP contribution < -0.4 is 5.32 Å². The van der Waals surface area contributed by atoms with Crippen molar-refractivity contribution >= 4 is 0 Å². The summed E-state index contributed by atoms with van der Waals surface area (Å²) in [4.78, 5) is 2.54. The highest BCUT2D eigenvalue weighted by Crippen LogP contribution is 2.24. The second kappa shape index (κ2) is 7.84. The van der Waals surface area contributed by atoms with Crippen molar-refractivity contribution in [3.05, 3.63) is 23.2 Å². The van der Waals surface area contributed by atoms with Gasteiger partial charge in [-0.25, -0.2) is 0 Å². The van der Waals surface area contributed by atoms with Gasteiger partial charge in [-0.05, 0) is 56.8 Å². The summed E-state index contributed by atoms with van der Waals surface area (Å²) in [5.74, 6) is 3.15. The average Bonchev–Trinajstić information content (AvgIpc) is 2.99. The number of likely N-dealkylation sites (tertiary alicyclic amines) is 1. The monoisotopic (exact) mass is 278 g/mol. The van der Waals surface area contributed by atoms with Gasteiger partial charge in [0.2, 0.25) is 0 Å². The van der Waals surface area contributed by atoms with Crippen molar-refractivity contribution < 1.29 is 4.42 Å². The van der Waals surface area contributed by atoms with E-state index in [9.17, 15) is 0 Å². The fourth-order valence-electron chi connectivity index (χ4n) is 3.14. The summed E-state index contributed by atoms with van der Waals surface area (Å²) in [5.41, 5.74) is 1.29. The average molecular weight is 278 g/mol. The first-order chi connectivity index (χ1) is 9.72. The Labute approximate surface area is 123 Å². The molecule has 1 atom stereocenters. The maximum Gasteiger partial charge on any atom is 0.120 e. The Morgan fingerprint density at radius 2 is 2.20 bits per heavy atom. The van der Waals surface area contributed by atoms with E-state index in [2.05, 4.69) is 37.1 Å². The molecule has 3 heteroatoms. The predicted octanol–water partition coefficient (Wildman–Crippen LogP) is 3.71. The zero-order chi connectivity index (χ0) is 14.4. The van der Waals surface area contributed by atoms with Crippen molar-refractivity contribution in [2.45, 2.75) is 59.5 Å². The largest absolute Gasteiger partial charge is 0.463 e. The molecule has 0 radical (unpaired) electrons. The van der Waals surface area contributed by atoms with Gasteiger partial charge < -0.3 is 9.73 Å². The van der Waals surface area contributed by atoms with E-state index in [0.717, 1.165) is 37.1 Å². The van der Waals surface area contributed by atoms with Crippen LogP contribution in [0.2, 0.25) is 0 Å². The molecule has 1 aromatic heterocycles. The van der Waals surface area contributed by atoms with Crippen LogP contribution in [0.3, 0.4) is 0 Å². The predicted molar refractivity (Wildman–Crippen MR) is 83.7 cm³/mol. The van der Waals surface area contributed by atoms with Gasteiger partial charge in [0.25, 0.3) is 0 Å². The van der Waals surface area contributed by atoms with Gasteiger partial charge in [-0.15, -0.1) is 0 Å². The molecule has 1 aromatic rings. The molecule has 2 rings (SSSR count). The highest BCUT2D eigenvalue weighted by Gasteiger charge is 2.22. The third-order valence-electron chi connectivity index (χ3n) is 4.23. The Hall–Kier alpha value is -0.800. The van der Waals surface area contributed by atoms with Crippen LogP contribution in [0.15, 0.2) is 10.5 Å². The number of hydrogen-bond acceptors (Lipinski definition) is 3. The summed E-state index contributed by atoms with van der Waals surface area (Å²) in [6, 6.07) is 2.22. The minimum absolute atomic E-state index is 0.859. The summed E-state index contributed by atoms with van der Waals surface area (Å²) in [6.45, 7) is 12.0. The van der Waals surface area contributed by atoms with Gasteiger partial charge in [0.15, 0.2) is 0 Å². The molecule has 0 aromatic carbocycles. The zero-order valence-electron chi connectivity index (χ0n) is 13.4. The Balaban J connectivity index is 1.83. The summed E-state index contributed by atoms with van der Waals surface area (Å²) >= 11 is 0. The molecular weight excluding hydrogens is 248 g/mol. The van der Waals surface area contributed by atoms with Crippen molar-refractivity contribution in [2.24, 2.45) is 5.92 Å². The number of nitrogens with one attached hydrogen (secondary N) is 1. The van der Waals surface area contributed by atoms with E-state index in [-0.39, 0.29) is 0 Å². The van der Waals surface area contributed by atoms with E-state index in [1.165, 1.54) is 44.3 Å². The lowest BCUT2D eigenvalue weighted by Gasteiger charge is -2.14. The van der Waals surface area contributed by atoms with Crippen LogP contribution in [-0.2, 0) is 13.1 Å². The van der Waals surface area contributed by atoms with Crippen molar-refractivity contribution in [2.75, 3.05) is 19.6 Å². The van der Waals surface area contributed by atoms with Gasteiger partial charge in [-0.2, -0.15) is 0 Å². The molecule has 20 heavy (non-hydrogen) atoms. The number of nitrogens with zero attached hydrogens (tertiary/aromatic N) is 1. The molecular formula is C17H30N2O. The second-order valence-electron chi connectivity index (χ2n) is 6.17. The Morgan fingerprint density at radius 1 is 1.35 bits per heavy atom. The van der Waals surface area contributed by atoms with Gasteiger partial charge in [-0.1, -0.05) is 20.3 Å². The molecule has 1 aliphatic heterocycles. The fourth-order valence-corrected chi connectivity index (χ4v) is 3.14. The first-order valence-corrected chi connectivity index (χ1v) is 8.24. The molecule has 1 unspecified atom stereocenters. The van der Waals surface area contributed by atoms with Crippen LogP contribution in [0, 0.1) is 12.8 Å². The number of hydrogen-bond donors (Lipinski definition) is 1. The van der Waals surface area contributed by atoms with Gasteiger partial charge in [-0.3, -0.25) is 4.90 Å². The molecule has 114 valence electrons. The molecule has 1 N–H and O–H groups in total. The minimum atomic E-state index is 0.859. The Bertz CT molecular complexity index is 400. The highest BCUT2D eigenvalue weighted by atomic mass is 16.3. The number of furan rings is 1. The first-order valence-electron chi connectivity index (χ1n) is 8.24. The van der Waals surface area contributed by atoms with Crippen LogP contribution in [0.4, 0.5) is 0 Å². The molecule has 0 bridgehead atoms. The minimum Gasteiger partial charge on any atom is -0.463 e. The smallest absolute Gasteiger partial charge is 0.120 e. The van der Waals surface area contributed by atoms with Gasteiger partial charge in [0.05, 0.1) is 13.1 Å². The van der Waals surface area contributed by atoms with Crippen LogP contribution >= 0.6 is 0 Å². The maximum atomic E-state index is 6.01. The van der Waals surface area contributed by atoms with E-state index in [1.54, 1.807) is 0 Å². The quantitative estimate of drug-likeness (QED) is 0.735. The SMILES string of the molecule is CCCNCc1oc(CN2CCC(CCC)C2)cc1C. The topological polar surface area (TPSA) is 28.4 Å². The lowest BCUT2D eigenvalue weighted by Crippen LogP contribution is -2.19. The van der Waals surface area contributed by atoms with Crippen LogP contribution in [0.1, 0.15) is 56.6 Å². The van der Waals surface area contributed by atoms with Gasteiger partial charge in [0.1, 0.15) is 11.5 Å². The van der Waals surface area contributed by atoms with Crippen molar-refractivity contribution in [1.82, 2.24) is 10.2 Å². The van der Waals surface area contributed by atoms with E-state index < -0.39 is 0 Å². The van der Waals surface area contributed by atoms with E-state index in [4.69, 9.17) is 4.42 Å². The summed E-state index contributed by atoms with van der Waals surface area (Å²) in [7, 11) is 0. The Morgan fingerprint density at radius 3 is 2.95 bits per heavy atom. The number of rotatable bonds is 8. The molecule has 2 heterocycles. The van der Waals surface area contributed by atoms with Crippen molar-refractivity contribution in [1.29, 1.82) is 0 Å². The Kier molecular flexibility index (Phi) is 6.11. The third-order valence-corrected chi connectivity index (χ3v) is 4.23. The molecule has 3 nitrogen and oxygen atoms in total. The summed E-state index contributed by atoms with van der Waals surface area (Å²) in [5, 5.41) is 3.42. The molecule has 1 saturated heterocycles. The normalized spacial score (nSPS) is 19.9. The van der Waals surface area contributed by atoms with Crippen LogP contribution in [0.25, 0.3) is 0 Å². The van der Waals surface area contributed by atoms with Crippen molar-refractivity contribution in [3.8, 4) is 0 Å². The van der Waals surface area contributed by atoms with E-state index in [0.29, 0.717) is 0 Å². The summed E-state index contributed by atoms with van der Waals surface area (Å²) in [6.07, 6.45) is 5.21. The molecule has 0 saturated carbocycles. The van der Waals surface area contributed by atoms with Crippen LogP contribution in [-0.4, -0.2) is 24.5 Å². The van der Waals surface area contributed by atoms with E-state index >= 15 is 0 Å². The molecule has 1 aliphatic rings. The standard InChI is InChI=1S/C17H30N2O/c1-4-6-15-7-9-19(12-15)13-16-10-14(3)17(20-16)11-18-8-5-2/h10,15,18H,4-9,11-13H2,1-3H3. The zero-order valence-corrected chi connectivity index (χ0v) is 13.4. The second-order valence-corrected chi connectivity index (χ2v) is 6.17. The molecule has 0 aliphatic carbocycles. The van der Waals surface area contributed by atoms with E-state index in [1.807, 2.05) is 0 Å². The van der Waals surface area contributed by atoms with Crippen molar-refractivity contribution in [3.63, 3.8) is 0 Å². The molecule has 1 fully saturated rings. The van der Waals surface area contributed by atoms with Gasteiger partial charge in [0, 0.05) is 6.54 Å². The third kappa shape index (κ3) is 4.35. The fraction of sp³-hybridized carbons (Fsp3) is 0.765. The maximum absolute atomic E-state index is 6.01. The van der Waals surface area contributed by atoms with Crippen LogP contribution in [0.5, 0.6) is 0 Å². The first kappa shape index (κ1) is 15.6. The molecule has 0 amide bonds. The lowest BCUT2D eigenvalue weighted by atomic mass is 10.0. The summed E-state index contributed by atoms with van der Waals surface area (Å²) < 4.78 is 6.01. The lowest BCUT2D eigenvalue weighted by molar-refractivity contribution is 0.279. The van der Waals surface area contributed by atoms with Gasteiger partial charge >= 0.3 is 0 Å². The highest BCUT2D eigenvalue weighted by molar-refractivity contribution is 5.20.